The molecule has 3 fully saturated rings. The second kappa shape index (κ2) is 7.40. The highest BCUT2D eigenvalue weighted by Gasteiger charge is 2.86. The molecule has 0 aromatic heterocycles. The molecule has 184 valence electrons. The Morgan fingerprint density at radius 3 is 2.44 bits per heavy atom. The molecular formula is C23H19B2Cl3FN3O4. The molecule has 5 atom stereocenters. The molecule has 0 bridgehead atoms. The molecule has 0 saturated carbocycles. The van der Waals surface area contributed by atoms with Gasteiger partial charge in [-0.1, -0.05) is 34.8 Å². The third-order valence-electron chi connectivity index (χ3n) is 8.75. The molecule has 7 nitrogen and oxygen atoms in total. The SMILES string of the molecule is BC12C(=O)N(c3cc(Cl)cc(OC)c3)C(=O)C1(B)C1(C(=O)Nc3c(Cl)cc(Cl)cc31)N1C[C@@H](F)CC12. The van der Waals surface area contributed by atoms with Crippen LogP contribution in [0.4, 0.5) is 15.8 Å². The fraction of sp³-hybridized carbons (Fsp3) is 0.348. The van der Waals surface area contributed by atoms with E-state index in [4.69, 9.17) is 39.5 Å². The Labute approximate surface area is 223 Å². The molecule has 4 aliphatic heterocycles. The second-order valence-corrected chi connectivity index (χ2v) is 11.4. The van der Waals surface area contributed by atoms with Crippen molar-refractivity contribution in [3.8, 4) is 5.75 Å². The Morgan fingerprint density at radius 1 is 1.06 bits per heavy atom. The molecule has 3 saturated heterocycles. The lowest BCUT2D eigenvalue weighted by atomic mass is 9.39. The molecule has 4 unspecified atom stereocenters. The lowest BCUT2D eigenvalue weighted by Crippen LogP contribution is -2.57. The van der Waals surface area contributed by atoms with Crippen LogP contribution in [0.5, 0.6) is 5.75 Å². The first-order valence-electron chi connectivity index (χ1n) is 11.4. The molecule has 3 amide bonds. The fourth-order valence-corrected chi connectivity index (χ4v) is 7.86. The molecule has 4 heterocycles. The van der Waals surface area contributed by atoms with Crippen molar-refractivity contribution in [3.05, 3.63) is 51.0 Å². The van der Waals surface area contributed by atoms with Gasteiger partial charge in [-0.2, -0.15) is 0 Å². The van der Waals surface area contributed by atoms with Crippen molar-refractivity contribution < 1.29 is 23.5 Å². The Bertz CT molecular complexity index is 1410. The summed E-state index contributed by atoms with van der Waals surface area (Å²) in [5.41, 5.74) is -0.824. The number of amides is 3. The normalized spacial score (nSPS) is 34.8. The number of benzene rings is 2. The monoisotopic (exact) mass is 547 g/mol. The van der Waals surface area contributed by atoms with E-state index < -0.39 is 46.1 Å². The van der Waals surface area contributed by atoms with Crippen LogP contribution in [0.1, 0.15) is 12.0 Å². The van der Waals surface area contributed by atoms with Crippen molar-refractivity contribution in [2.45, 2.75) is 34.8 Å². The highest BCUT2D eigenvalue weighted by molar-refractivity contribution is 6.56. The molecule has 6 rings (SSSR count). The number of carbonyl (C=O) groups excluding carboxylic acids is 3. The van der Waals surface area contributed by atoms with Crippen LogP contribution in [0.15, 0.2) is 30.3 Å². The summed E-state index contributed by atoms with van der Waals surface area (Å²) in [5.74, 6) is -1.31. The van der Waals surface area contributed by atoms with Crippen LogP contribution in [0.3, 0.4) is 0 Å². The summed E-state index contributed by atoms with van der Waals surface area (Å²) in [6.07, 6.45) is -1.29. The minimum atomic E-state index is -1.71. The van der Waals surface area contributed by atoms with Crippen LogP contribution < -0.4 is 15.0 Å². The van der Waals surface area contributed by atoms with E-state index in [0.29, 0.717) is 17.0 Å². The van der Waals surface area contributed by atoms with Crippen LogP contribution in [-0.4, -0.2) is 64.2 Å². The van der Waals surface area contributed by atoms with Crippen LogP contribution in [0.25, 0.3) is 0 Å². The number of alkyl halides is 1. The summed E-state index contributed by atoms with van der Waals surface area (Å²) in [4.78, 5) is 45.5. The average Bonchev–Trinajstić information content (AvgIpc) is 3.43. The number of nitrogens with zero attached hydrogens (tertiary/aromatic N) is 2. The summed E-state index contributed by atoms with van der Waals surface area (Å²) in [6.45, 7) is -0.113. The van der Waals surface area contributed by atoms with Crippen molar-refractivity contribution >= 4 is 79.6 Å². The average molecular weight is 548 g/mol. The predicted molar refractivity (Wildman–Crippen MR) is 140 cm³/mol. The predicted octanol–water partition coefficient (Wildman–Crippen LogP) is 2.39. The number of rotatable bonds is 2. The van der Waals surface area contributed by atoms with Crippen LogP contribution in [-0.2, 0) is 19.9 Å². The number of ether oxygens (including phenoxy) is 1. The molecule has 0 radical (unpaired) electrons. The van der Waals surface area contributed by atoms with Crippen molar-refractivity contribution in [1.82, 2.24) is 4.90 Å². The number of halogens is 4. The highest BCUT2D eigenvalue weighted by Crippen LogP contribution is 2.78. The minimum absolute atomic E-state index is 0.00349. The third-order valence-corrected chi connectivity index (χ3v) is 9.48. The summed E-state index contributed by atoms with van der Waals surface area (Å²) in [7, 11) is 4.71. The second-order valence-electron chi connectivity index (χ2n) is 10.1. The number of nitrogens with one attached hydrogen (secondary N) is 1. The minimum Gasteiger partial charge on any atom is -0.497 e. The zero-order chi connectivity index (χ0) is 25.9. The number of methoxy groups -OCH3 is 1. The van der Waals surface area contributed by atoms with Gasteiger partial charge in [0.25, 0.3) is 0 Å². The first-order chi connectivity index (χ1) is 16.9. The molecule has 0 aliphatic carbocycles. The smallest absolute Gasteiger partial charge is 0.250 e. The number of hydrogen-bond donors (Lipinski definition) is 1. The quantitative estimate of drug-likeness (QED) is 0.461. The summed E-state index contributed by atoms with van der Waals surface area (Å²) in [5, 5.41) is 0.451. The summed E-state index contributed by atoms with van der Waals surface area (Å²) < 4.78 is 20.3. The first kappa shape index (κ1) is 24.1. The van der Waals surface area contributed by atoms with E-state index in [-0.39, 0.29) is 33.7 Å². The molecule has 1 N–H and O–H groups in total. The standard InChI is InChI=1S/C23H19B2Cl3FN3O4/c1-36-13-3-9(26)2-12(7-13)32-19(34)21(24)16-6-11(29)8-31(16)22(23(21,25)20(32)35)14-4-10(27)5-15(28)17(14)30-18(22)33/h2-5,7,11,16H,6,8,24-25H2,1H3,(H,30,33)/t11-,16?,21?,22?,23?/m0/s1. The number of fused-ring (bicyclic) bond motifs is 7. The van der Waals surface area contributed by atoms with Crippen molar-refractivity contribution in [2.24, 2.45) is 0 Å². The summed E-state index contributed by atoms with van der Waals surface area (Å²) in [6, 6.07) is 6.91. The third kappa shape index (κ3) is 2.49. The van der Waals surface area contributed by atoms with E-state index in [0.717, 1.165) is 4.90 Å². The van der Waals surface area contributed by atoms with Gasteiger partial charge in [0.1, 0.15) is 33.2 Å². The fourth-order valence-electron chi connectivity index (χ4n) is 7.10. The molecule has 1 spiro atoms. The van der Waals surface area contributed by atoms with Crippen molar-refractivity contribution in [2.75, 3.05) is 23.9 Å². The Morgan fingerprint density at radius 2 is 1.75 bits per heavy atom. The van der Waals surface area contributed by atoms with Gasteiger partial charge in [0.05, 0.1) is 28.8 Å². The van der Waals surface area contributed by atoms with Crippen LogP contribution in [0.2, 0.25) is 25.7 Å². The van der Waals surface area contributed by atoms with Gasteiger partial charge in [-0.25, -0.2) is 4.39 Å². The van der Waals surface area contributed by atoms with Gasteiger partial charge in [0.2, 0.25) is 17.7 Å². The number of hydrogen-bond acceptors (Lipinski definition) is 5. The zero-order valence-electron chi connectivity index (χ0n) is 19.5. The van der Waals surface area contributed by atoms with Gasteiger partial charge in [-0.15, -0.1) is 0 Å². The molecular weight excluding hydrogens is 529 g/mol. The topological polar surface area (TPSA) is 78.9 Å². The lowest BCUT2D eigenvalue weighted by molar-refractivity contribution is -0.134. The number of anilines is 2. The van der Waals surface area contributed by atoms with Gasteiger partial charge in [-0.3, -0.25) is 24.2 Å². The molecule has 13 heteroatoms. The largest absolute Gasteiger partial charge is 0.497 e. The maximum absolute atomic E-state index is 15.0. The van der Waals surface area contributed by atoms with Crippen LogP contribution >= 0.6 is 34.8 Å². The van der Waals surface area contributed by atoms with E-state index in [1.807, 2.05) is 0 Å². The van der Waals surface area contributed by atoms with E-state index in [9.17, 15) is 14.4 Å². The van der Waals surface area contributed by atoms with E-state index in [2.05, 4.69) is 5.32 Å². The Balaban J connectivity index is 1.66. The maximum atomic E-state index is 15.0. The molecule has 36 heavy (non-hydrogen) atoms. The van der Waals surface area contributed by atoms with Gasteiger partial charge in [-0.05, 0) is 30.7 Å². The molecule has 2 aromatic rings. The molecule has 2 aromatic carbocycles. The summed E-state index contributed by atoms with van der Waals surface area (Å²) >= 11 is 19.1. The van der Waals surface area contributed by atoms with Crippen molar-refractivity contribution in [1.29, 1.82) is 0 Å². The van der Waals surface area contributed by atoms with Gasteiger partial charge in [0, 0.05) is 39.6 Å². The van der Waals surface area contributed by atoms with E-state index in [1.165, 1.54) is 25.3 Å². The van der Waals surface area contributed by atoms with Gasteiger partial charge < -0.3 is 10.1 Å². The van der Waals surface area contributed by atoms with Crippen LogP contribution in [0, 0.1) is 0 Å². The number of imide groups is 1. The van der Waals surface area contributed by atoms with Crippen molar-refractivity contribution in [3.63, 3.8) is 0 Å². The first-order valence-corrected chi connectivity index (χ1v) is 12.5. The highest BCUT2D eigenvalue weighted by atomic mass is 35.5. The molecule has 4 aliphatic rings. The van der Waals surface area contributed by atoms with Gasteiger partial charge in [0.15, 0.2) is 0 Å². The Kier molecular flexibility index (Phi) is 4.96. The van der Waals surface area contributed by atoms with Gasteiger partial charge >= 0.3 is 0 Å². The maximum Gasteiger partial charge on any atom is 0.250 e. The van der Waals surface area contributed by atoms with E-state index in [1.54, 1.807) is 32.7 Å². The zero-order valence-corrected chi connectivity index (χ0v) is 21.8. The number of carbonyl (C=O) groups is 3. The Hall–Kier alpha value is -2.26. The lowest BCUT2D eigenvalue weighted by Gasteiger charge is -2.43. The van der Waals surface area contributed by atoms with E-state index >= 15 is 4.39 Å².